The first-order valence-corrected chi connectivity index (χ1v) is 6.12. The summed E-state index contributed by atoms with van der Waals surface area (Å²) in [5.74, 6) is 1.64. The van der Waals surface area contributed by atoms with E-state index in [1.165, 1.54) is 25.8 Å². The van der Waals surface area contributed by atoms with Gasteiger partial charge in [-0.15, -0.1) is 0 Å². The van der Waals surface area contributed by atoms with Crippen LogP contribution in [0.25, 0.3) is 0 Å². The second kappa shape index (κ2) is 6.44. The maximum atomic E-state index is 3.61. The predicted octanol–water partition coefficient (Wildman–Crippen LogP) is 3.84. The minimum absolute atomic E-state index is 0.263. The molecule has 0 saturated heterocycles. The average molecular weight is 199 g/mol. The van der Waals surface area contributed by atoms with Gasteiger partial charge in [0.2, 0.25) is 0 Å². The van der Waals surface area contributed by atoms with Gasteiger partial charge in [0.15, 0.2) is 0 Å². The van der Waals surface area contributed by atoms with Gasteiger partial charge >= 0.3 is 0 Å². The molecule has 0 saturated carbocycles. The van der Waals surface area contributed by atoms with E-state index in [9.17, 15) is 0 Å². The molecule has 0 rings (SSSR count). The van der Waals surface area contributed by atoms with Gasteiger partial charge < -0.3 is 5.32 Å². The Hall–Kier alpha value is -0.0400. The lowest BCUT2D eigenvalue weighted by molar-refractivity contribution is 0.294. The van der Waals surface area contributed by atoms with Gasteiger partial charge in [-0.2, -0.15) is 0 Å². The molecule has 14 heavy (non-hydrogen) atoms. The van der Waals surface area contributed by atoms with Crippen LogP contribution < -0.4 is 5.32 Å². The fourth-order valence-corrected chi connectivity index (χ4v) is 1.57. The minimum Gasteiger partial charge on any atom is -0.312 e. The van der Waals surface area contributed by atoms with Crippen LogP contribution in [0, 0.1) is 11.8 Å². The third-order valence-electron chi connectivity index (χ3n) is 2.77. The van der Waals surface area contributed by atoms with Crippen LogP contribution in [0.1, 0.15) is 60.8 Å². The van der Waals surface area contributed by atoms with Crippen molar-refractivity contribution in [2.24, 2.45) is 11.8 Å². The summed E-state index contributed by atoms with van der Waals surface area (Å²) in [6.07, 6.45) is 4.06. The normalized spacial score (nSPS) is 14.8. The van der Waals surface area contributed by atoms with Crippen LogP contribution in [-0.2, 0) is 0 Å². The van der Waals surface area contributed by atoms with Crippen LogP contribution in [0.2, 0.25) is 0 Å². The number of unbranched alkanes of at least 4 members (excludes halogenated alkanes) is 1. The van der Waals surface area contributed by atoms with Crippen molar-refractivity contribution in [2.45, 2.75) is 66.3 Å². The molecule has 0 aromatic heterocycles. The van der Waals surface area contributed by atoms with Crippen LogP contribution in [-0.4, -0.2) is 12.1 Å². The van der Waals surface area contributed by atoms with Gasteiger partial charge in [-0.05, 0) is 45.6 Å². The number of hydrogen-bond acceptors (Lipinski definition) is 1. The molecular weight excluding hydrogens is 170 g/mol. The molecule has 86 valence electrons. The Morgan fingerprint density at radius 3 is 2.07 bits per heavy atom. The Balaban J connectivity index is 3.85. The van der Waals surface area contributed by atoms with E-state index in [4.69, 9.17) is 0 Å². The van der Waals surface area contributed by atoms with Crippen LogP contribution in [0.4, 0.5) is 0 Å². The van der Waals surface area contributed by atoms with E-state index in [0.29, 0.717) is 0 Å². The Morgan fingerprint density at radius 1 is 1.14 bits per heavy atom. The molecule has 1 unspecified atom stereocenters. The van der Waals surface area contributed by atoms with Crippen molar-refractivity contribution >= 4 is 0 Å². The molecular formula is C13H29N. The van der Waals surface area contributed by atoms with E-state index >= 15 is 0 Å². The van der Waals surface area contributed by atoms with Crippen molar-refractivity contribution in [1.82, 2.24) is 5.32 Å². The smallest absolute Gasteiger partial charge is 0.00966 e. The molecule has 0 aliphatic carbocycles. The molecule has 1 atom stereocenters. The highest BCUT2D eigenvalue weighted by molar-refractivity contribution is 4.74. The lowest BCUT2D eigenvalue weighted by atomic mass is 9.90. The molecule has 1 nitrogen and oxygen atoms in total. The zero-order valence-electron chi connectivity index (χ0n) is 11.0. The Bertz CT molecular complexity index is 133. The molecule has 0 aliphatic rings. The molecule has 0 amide bonds. The SMILES string of the molecule is CCCCC(CNC(C)(C)C)C(C)C. The van der Waals surface area contributed by atoms with Gasteiger partial charge in [0, 0.05) is 5.54 Å². The summed E-state index contributed by atoms with van der Waals surface area (Å²) in [7, 11) is 0. The fraction of sp³-hybridized carbons (Fsp3) is 1.00. The predicted molar refractivity (Wildman–Crippen MR) is 65.6 cm³/mol. The Kier molecular flexibility index (Phi) is 6.43. The third-order valence-corrected chi connectivity index (χ3v) is 2.77. The molecule has 0 bridgehead atoms. The zero-order valence-corrected chi connectivity index (χ0v) is 11.0. The minimum atomic E-state index is 0.263. The summed E-state index contributed by atoms with van der Waals surface area (Å²) >= 11 is 0. The molecule has 1 heteroatoms. The highest BCUT2D eigenvalue weighted by atomic mass is 14.9. The lowest BCUT2D eigenvalue weighted by Crippen LogP contribution is -2.40. The van der Waals surface area contributed by atoms with Crippen LogP contribution >= 0.6 is 0 Å². The van der Waals surface area contributed by atoms with Crippen molar-refractivity contribution in [3.63, 3.8) is 0 Å². The quantitative estimate of drug-likeness (QED) is 0.685. The van der Waals surface area contributed by atoms with Crippen molar-refractivity contribution in [2.75, 3.05) is 6.54 Å². The zero-order chi connectivity index (χ0) is 11.2. The summed E-state index contributed by atoms with van der Waals surface area (Å²) in [5, 5.41) is 3.61. The molecule has 0 heterocycles. The summed E-state index contributed by atoms with van der Waals surface area (Å²) in [5.41, 5.74) is 0.263. The van der Waals surface area contributed by atoms with Crippen molar-refractivity contribution < 1.29 is 0 Å². The van der Waals surface area contributed by atoms with Crippen molar-refractivity contribution in [3.8, 4) is 0 Å². The standard InChI is InChI=1S/C13H29N/c1-7-8-9-12(11(2)3)10-14-13(4,5)6/h11-12,14H,7-10H2,1-6H3. The van der Waals surface area contributed by atoms with Crippen LogP contribution in [0.5, 0.6) is 0 Å². The van der Waals surface area contributed by atoms with E-state index in [0.717, 1.165) is 11.8 Å². The molecule has 1 N–H and O–H groups in total. The highest BCUT2D eigenvalue weighted by Crippen LogP contribution is 2.18. The van der Waals surface area contributed by atoms with Gasteiger partial charge in [-0.1, -0.05) is 33.6 Å². The van der Waals surface area contributed by atoms with Crippen LogP contribution in [0.15, 0.2) is 0 Å². The Labute approximate surface area is 90.7 Å². The van der Waals surface area contributed by atoms with Gasteiger partial charge in [0.1, 0.15) is 0 Å². The number of rotatable bonds is 6. The number of nitrogens with one attached hydrogen (secondary N) is 1. The summed E-state index contributed by atoms with van der Waals surface area (Å²) < 4.78 is 0. The van der Waals surface area contributed by atoms with E-state index < -0.39 is 0 Å². The summed E-state index contributed by atoms with van der Waals surface area (Å²) in [4.78, 5) is 0. The fourth-order valence-electron chi connectivity index (χ4n) is 1.57. The Morgan fingerprint density at radius 2 is 1.71 bits per heavy atom. The second-order valence-electron chi connectivity index (χ2n) is 5.78. The number of hydrogen-bond donors (Lipinski definition) is 1. The topological polar surface area (TPSA) is 12.0 Å². The van der Waals surface area contributed by atoms with Crippen LogP contribution in [0.3, 0.4) is 0 Å². The summed E-state index contributed by atoms with van der Waals surface area (Å²) in [6.45, 7) is 14.8. The van der Waals surface area contributed by atoms with Gasteiger partial charge in [0.25, 0.3) is 0 Å². The molecule has 0 fully saturated rings. The van der Waals surface area contributed by atoms with Crippen molar-refractivity contribution in [1.29, 1.82) is 0 Å². The largest absolute Gasteiger partial charge is 0.312 e. The lowest BCUT2D eigenvalue weighted by Gasteiger charge is -2.27. The first-order valence-electron chi connectivity index (χ1n) is 6.12. The second-order valence-corrected chi connectivity index (χ2v) is 5.78. The highest BCUT2D eigenvalue weighted by Gasteiger charge is 2.16. The molecule has 0 aromatic carbocycles. The first-order chi connectivity index (χ1) is 6.37. The molecule has 0 aromatic rings. The maximum Gasteiger partial charge on any atom is 0.00966 e. The van der Waals surface area contributed by atoms with Crippen molar-refractivity contribution in [3.05, 3.63) is 0 Å². The molecule has 0 spiro atoms. The molecule has 0 aliphatic heterocycles. The van der Waals surface area contributed by atoms with Gasteiger partial charge in [-0.3, -0.25) is 0 Å². The van der Waals surface area contributed by atoms with E-state index in [-0.39, 0.29) is 5.54 Å². The summed E-state index contributed by atoms with van der Waals surface area (Å²) in [6, 6.07) is 0. The molecule has 0 radical (unpaired) electrons. The van der Waals surface area contributed by atoms with E-state index in [2.05, 4.69) is 46.9 Å². The van der Waals surface area contributed by atoms with Gasteiger partial charge in [-0.25, -0.2) is 0 Å². The maximum absolute atomic E-state index is 3.61. The third kappa shape index (κ3) is 7.37. The average Bonchev–Trinajstić information content (AvgIpc) is 2.01. The first kappa shape index (κ1) is 14.0. The van der Waals surface area contributed by atoms with Gasteiger partial charge in [0.05, 0.1) is 0 Å². The van der Waals surface area contributed by atoms with E-state index in [1.807, 2.05) is 0 Å². The monoisotopic (exact) mass is 199 g/mol. The van der Waals surface area contributed by atoms with E-state index in [1.54, 1.807) is 0 Å².